The van der Waals surface area contributed by atoms with Crippen molar-refractivity contribution in [1.82, 2.24) is 0 Å². The van der Waals surface area contributed by atoms with E-state index < -0.39 is 5.41 Å². The molecule has 0 bridgehead atoms. The Balaban J connectivity index is 1.08. The van der Waals surface area contributed by atoms with Crippen LogP contribution in [0, 0.1) is 0 Å². The molecule has 1 nitrogen and oxygen atoms in total. The molecule has 3 aliphatic carbocycles. The zero-order chi connectivity index (χ0) is 47.0. The van der Waals surface area contributed by atoms with Crippen LogP contribution in [0.1, 0.15) is 47.2 Å². The summed E-state index contributed by atoms with van der Waals surface area (Å²) in [6, 6.07) is 94.0. The number of hydrogen-bond donors (Lipinski definition) is 0. The van der Waals surface area contributed by atoms with Crippen molar-refractivity contribution in [3.05, 3.63) is 282 Å². The fourth-order valence-corrected chi connectivity index (χ4v) is 13.3. The standard InChI is InChI=1S/C70H47N/c1-69(2)62-31-14-10-27-54(62)58-38-36-48(41-66(58)69)71(47-35-37-53-51-25-7-6-23-49(51)50-24-8-9-26-52(50)60(53)40-47)68-43-67-61(42-59(68)46-22-18-21-45(39-46)44-19-4-3-5-20-44)57-30-13-17-34-65(57)70(67)63-32-15-11-28-55(63)56-29-12-16-33-64(56)70/h3-43H,1-2H3. The summed E-state index contributed by atoms with van der Waals surface area (Å²) in [4.78, 5) is 2.59. The summed E-state index contributed by atoms with van der Waals surface area (Å²) in [6.07, 6.45) is 0. The predicted molar refractivity (Wildman–Crippen MR) is 298 cm³/mol. The highest BCUT2D eigenvalue weighted by atomic mass is 15.1. The van der Waals surface area contributed by atoms with Crippen LogP contribution in [0.4, 0.5) is 17.1 Å². The summed E-state index contributed by atoms with van der Waals surface area (Å²) in [7, 11) is 0. The first-order chi connectivity index (χ1) is 35.0. The summed E-state index contributed by atoms with van der Waals surface area (Å²) in [6.45, 7) is 4.79. The lowest BCUT2D eigenvalue weighted by Gasteiger charge is -2.34. The largest absolute Gasteiger partial charge is 0.310 e. The maximum atomic E-state index is 2.59. The van der Waals surface area contributed by atoms with Crippen molar-refractivity contribution in [1.29, 1.82) is 0 Å². The van der Waals surface area contributed by atoms with Crippen molar-refractivity contribution in [2.45, 2.75) is 24.7 Å². The summed E-state index contributed by atoms with van der Waals surface area (Å²) in [5, 5.41) is 7.57. The molecule has 0 aliphatic heterocycles. The van der Waals surface area contributed by atoms with Gasteiger partial charge in [-0.05, 0) is 158 Å². The van der Waals surface area contributed by atoms with Gasteiger partial charge in [-0.25, -0.2) is 0 Å². The van der Waals surface area contributed by atoms with E-state index in [0.717, 1.165) is 17.1 Å². The number of nitrogens with zero attached hydrogens (tertiary/aromatic N) is 1. The van der Waals surface area contributed by atoms with Crippen LogP contribution < -0.4 is 4.90 Å². The average molecular weight is 902 g/mol. The van der Waals surface area contributed by atoms with Crippen molar-refractivity contribution in [2.24, 2.45) is 0 Å². The third kappa shape index (κ3) is 5.52. The fraction of sp³-hybridized carbons (Fsp3) is 0.0571. The molecule has 0 saturated carbocycles. The van der Waals surface area contributed by atoms with E-state index in [9.17, 15) is 0 Å². The van der Waals surface area contributed by atoms with Gasteiger partial charge in [-0.1, -0.05) is 220 Å². The van der Waals surface area contributed by atoms with Crippen molar-refractivity contribution >= 4 is 49.4 Å². The minimum absolute atomic E-state index is 0.195. The predicted octanol–water partition coefficient (Wildman–Crippen LogP) is 18.6. The maximum absolute atomic E-state index is 2.59. The Hall–Kier alpha value is -8.78. The lowest BCUT2D eigenvalue weighted by molar-refractivity contribution is 0.660. The van der Waals surface area contributed by atoms with Gasteiger partial charge >= 0.3 is 0 Å². The van der Waals surface area contributed by atoms with Crippen LogP contribution in [0.2, 0.25) is 0 Å². The number of rotatable bonds is 5. The molecule has 0 amide bonds. The monoisotopic (exact) mass is 901 g/mol. The highest BCUT2D eigenvalue weighted by Gasteiger charge is 2.52. The highest BCUT2D eigenvalue weighted by Crippen LogP contribution is 2.64. The zero-order valence-electron chi connectivity index (χ0n) is 39.6. The first-order valence-corrected chi connectivity index (χ1v) is 25.0. The molecule has 0 N–H and O–H groups in total. The maximum Gasteiger partial charge on any atom is 0.0726 e. The minimum atomic E-state index is -0.524. The molecule has 12 aromatic rings. The van der Waals surface area contributed by atoms with Gasteiger partial charge in [0, 0.05) is 22.4 Å². The molecule has 0 radical (unpaired) electrons. The molecule has 71 heavy (non-hydrogen) atoms. The van der Waals surface area contributed by atoms with Gasteiger partial charge in [0.1, 0.15) is 0 Å². The molecule has 332 valence electrons. The van der Waals surface area contributed by atoms with Crippen molar-refractivity contribution in [3.63, 3.8) is 0 Å². The van der Waals surface area contributed by atoms with Crippen molar-refractivity contribution in [3.8, 4) is 55.6 Å². The highest BCUT2D eigenvalue weighted by molar-refractivity contribution is 6.26. The van der Waals surface area contributed by atoms with Gasteiger partial charge in [-0.2, -0.15) is 0 Å². The Morgan fingerprint density at radius 1 is 0.254 bits per heavy atom. The van der Waals surface area contributed by atoms with Crippen molar-refractivity contribution < 1.29 is 0 Å². The van der Waals surface area contributed by atoms with E-state index in [1.807, 2.05) is 0 Å². The van der Waals surface area contributed by atoms with Gasteiger partial charge < -0.3 is 4.90 Å². The van der Waals surface area contributed by atoms with Crippen LogP contribution in [0.25, 0.3) is 88.0 Å². The average Bonchev–Trinajstić information content (AvgIpc) is 3.99. The Morgan fingerprint density at radius 2 is 0.704 bits per heavy atom. The van der Waals surface area contributed by atoms with E-state index in [2.05, 4.69) is 267 Å². The molecule has 0 saturated heterocycles. The van der Waals surface area contributed by atoms with E-state index in [1.165, 1.54) is 121 Å². The van der Waals surface area contributed by atoms with Crippen LogP contribution in [0.15, 0.2) is 249 Å². The normalized spacial score (nSPS) is 14.0. The van der Waals surface area contributed by atoms with Crippen molar-refractivity contribution in [2.75, 3.05) is 4.90 Å². The fourth-order valence-electron chi connectivity index (χ4n) is 13.3. The second-order valence-corrected chi connectivity index (χ2v) is 20.3. The summed E-state index contributed by atoms with van der Waals surface area (Å²) < 4.78 is 0. The Bertz CT molecular complexity index is 4130. The van der Waals surface area contributed by atoms with E-state index in [0.29, 0.717) is 0 Å². The molecule has 15 rings (SSSR count). The van der Waals surface area contributed by atoms with Crippen LogP contribution in [-0.4, -0.2) is 0 Å². The van der Waals surface area contributed by atoms with Gasteiger partial charge in [0.05, 0.1) is 11.1 Å². The molecule has 0 aromatic heterocycles. The van der Waals surface area contributed by atoms with Gasteiger partial charge in [0.15, 0.2) is 0 Å². The zero-order valence-corrected chi connectivity index (χ0v) is 39.6. The molecule has 1 heteroatoms. The molecular formula is C70H47N. The van der Waals surface area contributed by atoms with Crippen LogP contribution in [0.5, 0.6) is 0 Å². The Morgan fingerprint density at radius 3 is 1.34 bits per heavy atom. The molecule has 12 aromatic carbocycles. The topological polar surface area (TPSA) is 3.24 Å². The summed E-state index contributed by atoms with van der Waals surface area (Å²) in [5.41, 5.74) is 23.2. The molecule has 0 heterocycles. The second kappa shape index (κ2) is 14.9. The molecule has 0 fully saturated rings. The van der Waals surface area contributed by atoms with Gasteiger partial charge in [-0.15, -0.1) is 0 Å². The number of anilines is 3. The van der Waals surface area contributed by atoms with Crippen LogP contribution >= 0.6 is 0 Å². The smallest absolute Gasteiger partial charge is 0.0726 e. The third-order valence-corrected chi connectivity index (χ3v) is 16.4. The third-order valence-electron chi connectivity index (χ3n) is 16.4. The van der Waals surface area contributed by atoms with E-state index in [-0.39, 0.29) is 5.41 Å². The number of fused-ring (bicyclic) bond motifs is 19. The Kier molecular flexibility index (Phi) is 8.40. The number of hydrogen-bond acceptors (Lipinski definition) is 1. The quantitative estimate of drug-likeness (QED) is 0.156. The van der Waals surface area contributed by atoms with Gasteiger partial charge in [0.25, 0.3) is 0 Å². The van der Waals surface area contributed by atoms with E-state index in [4.69, 9.17) is 0 Å². The molecule has 0 unspecified atom stereocenters. The number of benzene rings is 12. The van der Waals surface area contributed by atoms with Gasteiger partial charge in [-0.3, -0.25) is 0 Å². The molecule has 3 aliphatic rings. The molecular weight excluding hydrogens is 855 g/mol. The summed E-state index contributed by atoms with van der Waals surface area (Å²) >= 11 is 0. The van der Waals surface area contributed by atoms with Crippen LogP contribution in [0.3, 0.4) is 0 Å². The van der Waals surface area contributed by atoms with Gasteiger partial charge in [0.2, 0.25) is 0 Å². The lowest BCUT2D eigenvalue weighted by Crippen LogP contribution is -2.26. The first kappa shape index (κ1) is 40.1. The minimum Gasteiger partial charge on any atom is -0.310 e. The molecule has 0 atom stereocenters. The summed E-state index contributed by atoms with van der Waals surface area (Å²) in [5.74, 6) is 0. The first-order valence-electron chi connectivity index (χ1n) is 25.0. The SMILES string of the molecule is CC1(C)c2ccccc2-c2ccc(N(c3ccc4c5ccccc5c5ccccc5c4c3)c3cc4c(cc3-c3cccc(-c5ccccc5)c3)-c3ccccc3C43c4ccccc4-c4ccccc43)cc21. The second-order valence-electron chi connectivity index (χ2n) is 20.3. The van der Waals surface area contributed by atoms with Crippen LogP contribution in [-0.2, 0) is 10.8 Å². The Labute approximate surface area is 414 Å². The lowest BCUT2D eigenvalue weighted by atomic mass is 9.70. The van der Waals surface area contributed by atoms with E-state index in [1.54, 1.807) is 0 Å². The van der Waals surface area contributed by atoms with E-state index >= 15 is 0 Å². The molecule has 1 spiro atoms.